The van der Waals surface area contributed by atoms with Crippen molar-refractivity contribution in [2.24, 2.45) is 0 Å². The number of rotatable bonds is 2. The van der Waals surface area contributed by atoms with Crippen molar-refractivity contribution in [2.75, 3.05) is 5.73 Å². The molecule has 2 rings (SSSR count). The van der Waals surface area contributed by atoms with Gasteiger partial charge in [0.15, 0.2) is 0 Å². The van der Waals surface area contributed by atoms with Gasteiger partial charge >= 0.3 is 0 Å². The number of nitrogen functional groups attached to an aromatic ring is 1. The van der Waals surface area contributed by atoms with E-state index in [1.165, 1.54) is 6.07 Å². The maximum atomic E-state index is 13.3. The Kier molecular flexibility index (Phi) is 3.10. The van der Waals surface area contributed by atoms with Crippen LogP contribution in [0.5, 0.6) is 0 Å². The van der Waals surface area contributed by atoms with Gasteiger partial charge in [-0.2, -0.15) is 0 Å². The molecular formula is C12H12BrFN2. The number of benzene rings is 1. The van der Waals surface area contributed by atoms with Crippen LogP contribution in [0.2, 0.25) is 0 Å². The van der Waals surface area contributed by atoms with E-state index in [1.54, 1.807) is 6.07 Å². The number of pyridine rings is 1. The van der Waals surface area contributed by atoms with Crippen molar-refractivity contribution in [1.29, 1.82) is 0 Å². The molecule has 1 heterocycles. The monoisotopic (exact) mass is 282 g/mol. The zero-order valence-electron chi connectivity index (χ0n) is 8.93. The smallest absolute Gasteiger partial charge is 0.139 e. The molecule has 16 heavy (non-hydrogen) atoms. The van der Waals surface area contributed by atoms with Gasteiger partial charge in [-0.3, -0.25) is 0 Å². The fraction of sp³-hybridized carbons (Fsp3) is 0.250. The third-order valence-electron chi connectivity index (χ3n) is 2.49. The predicted molar refractivity (Wildman–Crippen MR) is 67.8 cm³/mol. The van der Waals surface area contributed by atoms with E-state index >= 15 is 0 Å². The van der Waals surface area contributed by atoms with Gasteiger partial charge in [0.25, 0.3) is 0 Å². The highest BCUT2D eigenvalue weighted by Gasteiger charge is 2.07. The van der Waals surface area contributed by atoms with Crippen LogP contribution in [0.3, 0.4) is 0 Å². The second-order valence-electron chi connectivity index (χ2n) is 3.74. The summed E-state index contributed by atoms with van der Waals surface area (Å²) in [5.74, 6) is 0.179. The lowest BCUT2D eigenvalue weighted by Gasteiger charge is -2.06. The number of aromatic nitrogens is 1. The van der Waals surface area contributed by atoms with Crippen molar-refractivity contribution >= 4 is 32.7 Å². The molecule has 0 aliphatic carbocycles. The molecule has 0 aliphatic heterocycles. The Labute approximate surface area is 102 Å². The van der Waals surface area contributed by atoms with Gasteiger partial charge in [0, 0.05) is 11.5 Å². The average molecular weight is 283 g/mol. The molecular weight excluding hydrogens is 271 g/mol. The normalized spacial score (nSPS) is 10.9. The molecule has 1 aromatic heterocycles. The molecule has 2 nitrogen and oxygen atoms in total. The van der Waals surface area contributed by atoms with Gasteiger partial charge in [0.05, 0.1) is 9.99 Å². The van der Waals surface area contributed by atoms with Crippen molar-refractivity contribution in [3.63, 3.8) is 0 Å². The van der Waals surface area contributed by atoms with Crippen LogP contribution in [0.1, 0.15) is 18.9 Å². The predicted octanol–water partition coefficient (Wildman–Crippen LogP) is 3.67. The number of nitrogens with zero attached hydrogens (tertiary/aromatic N) is 1. The molecule has 0 bridgehead atoms. The van der Waals surface area contributed by atoms with Crippen LogP contribution < -0.4 is 5.73 Å². The van der Waals surface area contributed by atoms with Crippen LogP contribution in [-0.2, 0) is 6.42 Å². The Balaban J connectivity index is 2.65. The number of nitrogens with two attached hydrogens (primary N) is 1. The van der Waals surface area contributed by atoms with Crippen LogP contribution in [0.4, 0.5) is 10.2 Å². The minimum atomic E-state index is -0.317. The summed E-state index contributed by atoms with van der Waals surface area (Å²) in [6.45, 7) is 2.09. The Hall–Kier alpha value is -1.16. The van der Waals surface area contributed by atoms with Crippen molar-refractivity contribution < 1.29 is 4.39 Å². The highest BCUT2D eigenvalue weighted by molar-refractivity contribution is 9.10. The molecule has 0 spiro atoms. The quantitative estimate of drug-likeness (QED) is 0.913. The van der Waals surface area contributed by atoms with Crippen LogP contribution >= 0.6 is 15.9 Å². The Morgan fingerprint density at radius 1 is 1.38 bits per heavy atom. The summed E-state index contributed by atoms with van der Waals surface area (Å²) in [7, 11) is 0. The third-order valence-corrected chi connectivity index (χ3v) is 3.10. The average Bonchev–Trinajstić information content (AvgIpc) is 2.23. The maximum Gasteiger partial charge on any atom is 0.139 e. The van der Waals surface area contributed by atoms with E-state index in [9.17, 15) is 4.39 Å². The first-order valence-electron chi connectivity index (χ1n) is 5.16. The van der Waals surface area contributed by atoms with Crippen molar-refractivity contribution in [1.82, 2.24) is 4.98 Å². The molecule has 0 radical (unpaired) electrons. The number of hydrogen-bond acceptors (Lipinski definition) is 2. The zero-order valence-corrected chi connectivity index (χ0v) is 10.5. The van der Waals surface area contributed by atoms with E-state index < -0.39 is 0 Å². The fourth-order valence-corrected chi connectivity index (χ4v) is 2.06. The van der Waals surface area contributed by atoms with E-state index in [2.05, 4.69) is 27.8 Å². The Morgan fingerprint density at radius 3 is 2.81 bits per heavy atom. The summed E-state index contributed by atoms with van der Waals surface area (Å²) in [5.41, 5.74) is 7.43. The van der Waals surface area contributed by atoms with Crippen LogP contribution in [0.15, 0.2) is 22.7 Å². The molecule has 0 fully saturated rings. The second kappa shape index (κ2) is 4.37. The summed E-state index contributed by atoms with van der Waals surface area (Å²) < 4.78 is 13.8. The lowest BCUT2D eigenvalue weighted by atomic mass is 10.1. The fourth-order valence-electron chi connectivity index (χ4n) is 1.70. The first kappa shape index (κ1) is 11.3. The summed E-state index contributed by atoms with van der Waals surface area (Å²) >= 11 is 3.16. The first-order valence-corrected chi connectivity index (χ1v) is 5.95. The highest BCUT2D eigenvalue weighted by atomic mass is 79.9. The van der Waals surface area contributed by atoms with Gasteiger partial charge in [-0.15, -0.1) is 0 Å². The number of aryl methyl sites for hydroxylation is 1. The zero-order chi connectivity index (χ0) is 11.7. The van der Waals surface area contributed by atoms with E-state index in [-0.39, 0.29) is 5.82 Å². The van der Waals surface area contributed by atoms with E-state index in [4.69, 9.17) is 5.73 Å². The summed E-state index contributed by atoms with van der Waals surface area (Å²) in [5, 5.41) is 0.908. The molecule has 2 N–H and O–H groups in total. The minimum Gasteiger partial charge on any atom is -0.383 e. The lowest BCUT2D eigenvalue weighted by molar-refractivity contribution is 0.623. The topological polar surface area (TPSA) is 38.9 Å². The number of fused-ring (bicyclic) bond motifs is 1. The molecule has 0 aliphatic rings. The molecule has 0 unspecified atom stereocenters. The number of hydrogen-bond donors (Lipinski definition) is 1. The van der Waals surface area contributed by atoms with Gasteiger partial charge in [-0.05, 0) is 40.0 Å². The van der Waals surface area contributed by atoms with E-state index in [0.717, 1.165) is 23.8 Å². The number of anilines is 1. The van der Waals surface area contributed by atoms with Gasteiger partial charge in [-0.25, -0.2) is 9.37 Å². The standard InChI is InChI=1S/C12H12BrFN2/c1-2-3-7-4-8-5-9(13)10(14)6-11(8)16-12(7)15/h4-6H,2-3H2,1H3,(H2,15,16). The lowest BCUT2D eigenvalue weighted by Crippen LogP contribution is -1.98. The van der Waals surface area contributed by atoms with Crippen LogP contribution in [0.25, 0.3) is 10.9 Å². The molecule has 4 heteroatoms. The van der Waals surface area contributed by atoms with E-state index in [1.807, 2.05) is 6.07 Å². The molecule has 0 saturated carbocycles. The largest absolute Gasteiger partial charge is 0.383 e. The van der Waals surface area contributed by atoms with Crippen molar-refractivity contribution in [2.45, 2.75) is 19.8 Å². The van der Waals surface area contributed by atoms with Gasteiger partial charge in [0.1, 0.15) is 11.6 Å². The Bertz CT molecular complexity index is 540. The van der Waals surface area contributed by atoms with Crippen LogP contribution in [-0.4, -0.2) is 4.98 Å². The molecule has 2 aromatic rings. The van der Waals surface area contributed by atoms with Crippen molar-refractivity contribution in [3.8, 4) is 0 Å². The van der Waals surface area contributed by atoms with Gasteiger partial charge in [0.2, 0.25) is 0 Å². The molecule has 0 saturated heterocycles. The molecule has 84 valence electrons. The minimum absolute atomic E-state index is 0.317. The van der Waals surface area contributed by atoms with Crippen molar-refractivity contribution in [3.05, 3.63) is 34.1 Å². The molecule has 0 amide bonds. The maximum absolute atomic E-state index is 13.3. The molecule has 1 aromatic carbocycles. The SMILES string of the molecule is CCCc1cc2cc(Br)c(F)cc2nc1N. The Morgan fingerprint density at radius 2 is 2.12 bits per heavy atom. The second-order valence-corrected chi connectivity index (χ2v) is 4.60. The number of halogens is 2. The van der Waals surface area contributed by atoms with Gasteiger partial charge < -0.3 is 5.73 Å². The summed E-state index contributed by atoms with van der Waals surface area (Å²) in [6, 6.07) is 5.10. The summed E-state index contributed by atoms with van der Waals surface area (Å²) in [6.07, 6.45) is 1.91. The van der Waals surface area contributed by atoms with Gasteiger partial charge in [-0.1, -0.05) is 13.3 Å². The first-order chi connectivity index (χ1) is 7.61. The van der Waals surface area contributed by atoms with E-state index in [0.29, 0.717) is 15.8 Å². The highest BCUT2D eigenvalue weighted by Crippen LogP contribution is 2.25. The third kappa shape index (κ3) is 2.02. The summed E-state index contributed by atoms with van der Waals surface area (Å²) in [4.78, 5) is 4.21. The molecule has 0 atom stereocenters. The van der Waals surface area contributed by atoms with Crippen LogP contribution in [0, 0.1) is 5.82 Å².